The van der Waals surface area contributed by atoms with E-state index in [1.807, 2.05) is 0 Å². The number of anilines is 6. The molecule has 9 nitrogen and oxygen atoms in total. The number of amides is 4. The lowest BCUT2D eigenvalue weighted by Crippen LogP contribution is -2.19. The topological polar surface area (TPSA) is 151 Å². The lowest BCUT2D eigenvalue weighted by atomic mass is 10.2. The number of carbonyl (C=O) groups is 3. The van der Waals surface area contributed by atoms with Crippen LogP contribution in [0.4, 0.5) is 38.9 Å². The van der Waals surface area contributed by atoms with Gasteiger partial charge < -0.3 is 32.7 Å². The summed E-state index contributed by atoms with van der Waals surface area (Å²) in [6, 6.07) is 26.3. The highest BCUT2D eigenvalue weighted by molar-refractivity contribution is 6.06. The Morgan fingerprint density at radius 1 is 0.472 bits per heavy atom. The molecule has 36 heavy (non-hydrogen) atoms. The summed E-state index contributed by atoms with van der Waals surface area (Å²) in [6.07, 6.45) is 0. The van der Waals surface area contributed by atoms with Crippen molar-refractivity contribution in [3.05, 3.63) is 108 Å². The van der Waals surface area contributed by atoms with Crippen LogP contribution >= 0.6 is 0 Å². The van der Waals surface area contributed by atoms with Crippen LogP contribution in [0.5, 0.6) is 0 Å². The maximum Gasteiger partial charge on any atom is 0.323 e. The summed E-state index contributed by atoms with van der Waals surface area (Å²) in [4.78, 5) is 37.0. The van der Waals surface area contributed by atoms with Gasteiger partial charge in [-0.15, -0.1) is 0 Å². The molecule has 0 radical (unpaired) electrons. The number of urea groups is 1. The molecule has 0 spiro atoms. The largest absolute Gasteiger partial charge is 0.399 e. The van der Waals surface area contributed by atoms with Crippen molar-refractivity contribution >= 4 is 52.0 Å². The number of nitrogens with one attached hydrogen (secondary N) is 4. The van der Waals surface area contributed by atoms with Crippen LogP contribution in [-0.2, 0) is 0 Å². The van der Waals surface area contributed by atoms with Gasteiger partial charge in [0, 0.05) is 45.3 Å². The molecule has 0 fully saturated rings. The molecule has 9 heteroatoms. The molecule has 0 saturated carbocycles. The second-order valence-corrected chi connectivity index (χ2v) is 7.89. The van der Waals surface area contributed by atoms with E-state index in [1.54, 1.807) is 97.1 Å². The molecule has 0 aliphatic heterocycles. The van der Waals surface area contributed by atoms with Gasteiger partial charge >= 0.3 is 6.03 Å². The Morgan fingerprint density at radius 2 is 0.806 bits per heavy atom. The Morgan fingerprint density at radius 3 is 1.14 bits per heavy atom. The third kappa shape index (κ3) is 6.39. The van der Waals surface area contributed by atoms with Crippen LogP contribution in [0.15, 0.2) is 97.1 Å². The monoisotopic (exact) mass is 480 g/mol. The minimum absolute atomic E-state index is 0.284. The van der Waals surface area contributed by atoms with Crippen molar-refractivity contribution in [2.24, 2.45) is 0 Å². The summed E-state index contributed by atoms with van der Waals surface area (Å²) in [6.45, 7) is 0. The van der Waals surface area contributed by atoms with Crippen LogP contribution in [0.25, 0.3) is 0 Å². The second-order valence-electron chi connectivity index (χ2n) is 7.89. The zero-order valence-corrected chi connectivity index (χ0v) is 19.1. The number of rotatable bonds is 6. The maximum absolute atomic E-state index is 12.4. The van der Waals surface area contributed by atoms with Gasteiger partial charge in [-0.2, -0.15) is 0 Å². The minimum atomic E-state index is -0.442. The summed E-state index contributed by atoms with van der Waals surface area (Å²) < 4.78 is 0. The zero-order chi connectivity index (χ0) is 25.5. The van der Waals surface area contributed by atoms with Gasteiger partial charge in [0.2, 0.25) is 0 Å². The molecular weight excluding hydrogens is 456 g/mol. The van der Waals surface area contributed by atoms with Crippen molar-refractivity contribution in [3.8, 4) is 0 Å². The smallest absolute Gasteiger partial charge is 0.323 e. The molecule has 4 amide bonds. The van der Waals surface area contributed by atoms with Gasteiger partial charge in [-0.3, -0.25) is 9.59 Å². The first-order valence-electron chi connectivity index (χ1n) is 11.0. The van der Waals surface area contributed by atoms with Crippen LogP contribution in [0.2, 0.25) is 0 Å². The van der Waals surface area contributed by atoms with Gasteiger partial charge in [0.25, 0.3) is 11.8 Å². The number of benzene rings is 4. The molecular formula is C27H24N6O3. The standard InChI is InChI=1S/C27H24N6O3/c28-19-5-1-3-17(15-19)25(34)30-21-7-11-23(12-8-21)32-27(36)33-24-13-9-22(10-14-24)31-26(35)18-4-2-6-20(29)16-18/h1-16H,28-29H2,(H,30,34)(H,31,35)(H2,32,33,36). The van der Waals surface area contributed by atoms with Crippen LogP contribution in [0.1, 0.15) is 20.7 Å². The van der Waals surface area contributed by atoms with E-state index in [0.29, 0.717) is 45.3 Å². The van der Waals surface area contributed by atoms with Crippen LogP contribution in [-0.4, -0.2) is 17.8 Å². The highest BCUT2D eigenvalue weighted by atomic mass is 16.2. The van der Waals surface area contributed by atoms with Crippen molar-refractivity contribution in [1.82, 2.24) is 0 Å². The van der Waals surface area contributed by atoms with Crippen LogP contribution < -0.4 is 32.7 Å². The number of carbonyl (C=O) groups excluding carboxylic acids is 3. The van der Waals surface area contributed by atoms with Gasteiger partial charge in [0.1, 0.15) is 0 Å². The van der Waals surface area contributed by atoms with Crippen molar-refractivity contribution < 1.29 is 14.4 Å². The van der Waals surface area contributed by atoms with E-state index in [2.05, 4.69) is 21.3 Å². The third-order valence-corrected chi connectivity index (χ3v) is 5.10. The first kappa shape index (κ1) is 23.8. The normalized spacial score (nSPS) is 10.2. The number of hydrogen-bond acceptors (Lipinski definition) is 5. The maximum atomic E-state index is 12.4. The van der Waals surface area contributed by atoms with Crippen molar-refractivity contribution in [2.45, 2.75) is 0 Å². The van der Waals surface area contributed by atoms with Gasteiger partial charge in [0.05, 0.1) is 0 Å². The molecule has 4 aromatic carbocycles. The molecule has 0 aliphatic carbocycles. The van der Waals surface area contributed by atoms with E-state index >= 15 is 0 Å². The number of nitrogens with two attached hydrogens (primary N) is 2. The van der Waals surface area contributed by atoms with Gasteiger partial charge in [-0.1, -0.05) is 12.1 Å². The van der Waals surface area contributed by atoms with E-state index in [4.69, 9.17) is 11.5 Å². The number of nitrogen functional groups attached to an aromatic ring is 2. The molecule has 0 bridgehead atoms. The zero-order valence-electron chi connectivity index (χ0n) is 19.1. The predicted octanol–water partition coefficient (Wildman–Crippen LogP) is 5.00. The summed E-state index contributed by atoms with van der Waals surface area (Å²) in [5.41, 5.74) is 15.6. The fraction of sp³-hybridized carbons (Fsp3) is 0. The Hall–Kier alpha value is -5.31. The molecule has 0 unspecified atom stereocenters. The highest BCUT2D eigenvalue weighted by Crippen LogP contribution is 2.18. The first-order valence-corrected chi connectivity index (χ1v) is 11.0. The highest BCUT2D eigenvalue weighted by Gasteiger charge is 2.09. The van der Waals surface area contributed by atoms with E-state index < -0.39 is 6.03 Å². The van der Waals surface area contributed by atoms with E-state index in [0.717, 1.165) is 0 Å². The summed E-state index contributed by atoms with van der Waals surface area (Å²) in [5, 5.41) is 11.0. The molecule has 0 heterocycles. The van der Waals surface area contributed by atoms with Crippen molar-refractivity contribution in [1.29, 1.82) is 0 Å². The third-order valence-electron chi connectivity index (χ3n) is 5.10. The predicted molar refractivity (Wildman–Crippen MR) is 143 cm³/mol. The summed E-state index contributed by atoms with van der Waals surface area (Å²) >= 11 is 0. The van der Waals surface area contributed by atoms with E-state index in [1.165, 1.54) is 0 Å². The molecule has 0 saturated heterocycles. The molecule has 8 N–H and O–H groups in total. The molecule has 0 atom stereocenters. The quantitative estimate of drug-likeness (QED) is 0.215. The Balaban J connectivity index is 1.28. The SMILES string of the molecule is Nc1cccc(C(=O)Nc2ccc(NC(=O)Nc3ccc(NC(=O)c4cccc(N)c4)cc3)cc2)c1. The van der Waals surface area contributed by atoms with Crippen LogP contribution in [0.3, 0.4) is 0 Å². The Bertz CT molecular complexity index is 1290. The Labute approximate surface area is 207 Å². The Kier molecular flexibility index (Phi) is 7.11. The second kappa shape index (κ2) is 10.7. The minimum Gasteiger partial charge on any atom is -0.399 e. The molecule has 4 aromatic rings. The average Bonchev–Trinajstić information content (AvgIpc) is 2.86. The number of hydrogen-bond donors (Lipinski definition) is 6. The lowest BCUT2D eigenvalue weighted by Gasteiger charge is -2.10. The fourth-order valence-corrected chi connectivity index (χ4v) is 3.33. The van der Waals surface area contributed by atoms with Crippen LogP contribution in [0, 0.1) is 0 Å². The fourth-order valence-electron chi connectivity index (χ4n) is 3.33. The van der Waals surface area contributed by atoms with Gasteiger partial charge in [-0.25, -0.2) is 4.79 Å². The molecule has 4 rings (SSSR count). The van der Waals surface area contributed by atoms with E-state index in [-0.39, 0.29) is 11.8 Å². The molecule has 180 valence electrons. The summed E-state index contributed by atoms with van der Waals surface area (Å²) in [7, 11) is 0. The molecule has 0 aromatic heterocycles. The van der Waals surface area contributed by atoms with E-state index in [9.17, 15) is 14.4 Å². The average molecular weight is 481 g/mol. The molecule has 0 aliphatic rings. The van der Waals surface area contributed by atoms with Crippen molar-refractivity contribution in [3.63, 3.8) is 0 Å². The van der Waals surface area contributed by atoms with Gasteiger partial charge in [0.15, 0.2) is 0 Å². The van der Waals surface area contributed by atoms with Gasteiger partial charge in [-0.05, 0) is 84.9 Å². The lowest BCUT2D eigenvalue weighted by molar-refractivity contribution is 0.101. The summed E-state index contributed by atoms with van der Waals surface area (Å²) in [5.74, 6) is -0.568. The van der Waals surface area contributed by atoms with Crippen molar-refractivity contribution in [2.75, 3.05) is 32.7 Å². The first-order chi connectivity index (χ1) is 17.4.